The van der Waals surface area contributed by atoms with Crippen LogP contribution in [-0.4, -0.2) is 48.8 Å². The Balaban J connectivity index is 1.66. The number of carbonyl (C=O) groups is 2. The van der Waals surface area contributed by atoms with Crippen LogP contribution in [0.3, 0.4) is 0 Å². The van der Waals surface area contributed by atoms with Crippen molar-refractivity contribution < 1.29 is 28.4 Å². The Morgan fingerprint density at radius 1 is 1.21 bits per heavy atom. The first-order valence-corrected chi connectivity index (χ1v) is 13.9. The zero-order chi connectivity index (χ0) is 29.0. The third-order valence-corrected chi connectivity index (χ3v) is 9.18. The molecule has 1 aromatic carbocycles. The van der Waals surface area contributed by atoms with Gasteiger partial charge in [0.05, 0.1) is 18.8 Å². The number of hydrogen-bond acceptors (Lipinski definition) is 7. The number of hydrogen-bond donors (Lipinski definition) is 0. The van der Waals surface area contributed by atoms with E-state index in [0.717, 1.165) is 18.4 Å². The van der Waals surface area contributed by atoms with Gasteiger partial charge < -0.3 is 18.8 Å². The van der Waals surface area contributed by atoms with Crippen LogP contribution in [0.5, 0.6) is 5.75 Å². The van der Waals surface area contributed by atoms with Crippen molar-refractivity contribution in [2.75, 3.05) is 7.11 Å². The van der Waals surface area contributed by atoms with Gasteiger partial charge in [-0.15, -0.1) is 0 Å². The van der Waals surface area contributed by atoms with Crippen molar-refractivity contribution in [3.8, 4) is 5.75 Å². The quantitative estimate of drug-likeness (QED) is 0.119. The summed E-state index contributed by atoms with van der Waals surface area (Å²) >= 11 is 0. The Morgan fingerprint density at radius 2 is 1.90 bits per heavy atom. The molecule has 39 heavy (non-hydrogen) atoms. The van der Waals surface area contributed by atoms with Crippen molar-refractivity contribution in [1.29, 1.82) is 0 Å². The van der Waals surface area contributed by atoms with E-state index < -0.39 is 35.6 Å². The molecule has 212 valence electrons. The van der Waals surface area contributed by atoms with E-state index in [1.807, 2.05) is 26.8 Å². The SMILES string of the molecule is COc1c(C[C@H](CC(=O)C(C)(C)N=[N+]=[N-])B2O[C@@H]3C[C@@H]4C[C@@H](C4(C)C)[C@]3(C)O2)cccc1C(=O)OC(C)(C)C. The summed E-state index contributed by atoms with van der Waals surface area (Å²) in [6, 6.07) is 5.34. The predicted molar refractivity (Wildman–Crippen MR) is 149 cm³/mol. The molecule has 1 aliphatic heterocycles. The molecule has 9 nitrogen and oxygen atoms in total. The number of para-hydroxylation sites is 1. The van der Waals surface area contributed by atoms with E-state index >= 15 is 0 Å². The van der Waals surface area contributed by atoms with E-state index in [1.165, 1.54) is 7.11 Å². The van der Waals surface area contributed by atoms with E-state index in [-0.39, 0.29) is 23.7 Å². The summed E-state index contributed by atoms with van der Waals surface area (Å²) in [5.41, 5.74) is 7.96. The first kappa shape index (κ1) is 29.4. The lowest BCUT2D eigenvalue weighted by atomic mass is 9.43. The second-order valence-electron chi connectivity index (χ2n) is 13.7. The highest BCUT2D eigenvalue weighted by Crippen LogP contribution is 2.66. The van der Waals surface area contributed by atoms with Crippen molar-refractivity contribution in [2.24, 2.45) is 22.4 Å². The fraction of sp³-hybridized carbons (Fsp3) is 0.724. The molecule has 0 radical (unpaired) electrons. The lowest BCUT2D eigenvalue weighted by Gasteiger charge is -2.64. The van der Waals surface area contributed by atoms with Crippen LogP contribution in [0.25, 0.3) is 10.4 Å². The second-order valence-corrected chi connectivity index (χ2v) is 13.7. The van der Waals surface area contributed by atoms with E-state index in [2.05, 4.69) is 30.8 Å². The zero-order valence-corrected chi connectivity index (χ0v) is 24.7. The minimum Gasteiger partial charge on any atom is -0.496 e. The van der Waals surface area contributed by atoms with Crippen LogP contribution in [0.2, 0.25) is 5.82 Å². The van der Waals surface area contributed by atoms with Crippen LogP contribution in [0.4, 0.5) is 0 Å². The molecular formula is C29H42BN3O6. The van der Waals surface area contributed by atoms with Gasteiger partial charge in [0.25, 0.3) is 0 Å². The molecule has 1 saturated heterocycles. The molecule has 0 amide bonds. The molecular weight excluding hydrogens is 497 g/mol. The van der Waals surface area contributed by atoms with Crippen LogP contribution < -0.4 is 4.74 Å². The zero-order valence-electron chi connectivity index (χ0n) is 24.7. The van der Waals surface area contributed by atoms with Gasteiger partial charge in [-0.3, -0.25) is 4.79 Å². The number of esters is 1. The molecule has 2 bridgehead atoms. The largest absolute Gasteiger partial charge is 0.496 e. The van der Waals surface area contributed by atoms with Gasteiger partial charge in [0.1, 0.15) is 28.2 Å². The third kappa shape index (κ3) is 5.43. The highest BCUT2D eigenvalue weighted by molar-refractivity contribution is 6.48. The Hall–Kier alpha value is -2.55. The fourth-order valence-corrected chi connectivity index (χ4v) is 6.78. The van der Waals surface area contributed by atoms with E-state index in [9.17, 15) is 9.59 Å². The maximum atomic E-state index is 13.4. The molecule has 3 aliphatic carbocycles. The van der Waals surface area contributed by atoms with Gasteiger partial charge in [0, 0.05) is 17.1 Å². The standard InChI is InChI=1S/C29H42BN3O6/c1-26(2,3)37-25(35)20-12-10-11-17(24(20)36-9)13-19(16-22(34)28(6,7)32-33-31)30-38-23-15-18-14-21(27(18,4)5)29(23,8)39-30/h10-12,18-19,21,23H,13-16H2,1-9H3/t18-,19+,21-,23+,29-/m0/s1. The molecule has 0 N–H and O–H groups in total. The lowest BCUT2D eigenvalue weighted by molar-refractivity contribution is -0.199. The average molecular weight is 539 g/mol. The molecule has 1 heterocycles. The molecule has 0 spiro atoms. The highest BCUT2D eigenvalue weighted by Gasteiger charge is 2.68. The summed E-state index contributed by atoms with van der Waals surface area (Å²) < 4.78 is 24.7. The van der Waals surface area contributed by atoms with Crippen LogP contribution in [0.15, 0.2) is 23.3 Å². The maximum Gasteiger partial charge on any atom is 0.461 e. The normalized spacial score (nSPS) is 28.0. The topological polar surface area (TPSA) is 120 Å². The third-order valence-electron chi connectivity index (χ3n) is 9.18. The summed E-state index contributed by atoms with van der Waals surface area (Å²) in [6.07, 6.45) is 2.45. The van der Waals surface area contributed by atoms with Crippen LogP contribution >= 0.6 is 0 Å². The fourth-order valence-electron chi connectivity index (χ4n) is 6.78. The van der Waals surface area contributed by atoms with Crippen LogP contribution in [0, 0.1) is 17.3 Å². The molecule has 1 aromatic rings. The monoisotopic (exact) mass is 539 g/mol. The minimum atomic E-state index is -1.21. The Bertz CT molecular complexity index is 1190. The number of ketones is 1. The second kappa shape index (κ2) is 10.1. The number of Topliss-reactive ketones (excluding diaryl/α,β-unsaturated/α-hetero) is 1. The number of ether oxygens (including phenoxy) is 2. The number of rotatable bonds is 9. The molecule has 0 aromatic heterocycles. The van der Waals surface area contributed by atoms with Gasteiger partial charge in [-0.25, -0.2) is 4.79 Å². The predicted octanol–water partition coefficient (Wildman–Crippen LogP) is 6.34. The average Bonchev–Trinajstić information content (AvgIpc) is 3.19. The number of benzene rings is 1. The number of carbonyl (C=O) groups excluding carboxylic acids is 2. The Morgan fingerprint density at radius 3 is 2.49 bits per heavy atom. The summed E-state index contributed by atoms with van der Waals surface area (Å²) in [5.74, 6) is 0.300. The molecule has 10 heteroatoms. The van der Waals surface area contributed by atoms with E-state index in [1.54, 1.807) is 26.0 Å². The molecule has 3 saturated carbocycles. The first-order chi connectivity index (χ1) is 18.0. The van der Waals surface area contributed by atoms with Crippen molar-refractivity contribution in [3.63, 3.8) is 0 Å². The van der Waals surface area contributed by atoms with Crippen molar-refractivity contribution in [2.45, 2.75) is 110 Å². The van der Waals surface area contributed by atoms with Crippen LogP contribution in [-0.2, 0) is 25.3 Å². The summed E-state index contributed by atoms with van der Waals surface area (Å²) in [6.45, 7) is 15.4. The maximum absolute atomic E-state index is 13.4. The minimum absolute atomic E-state index is 0.0444. The molecule has 5 atom stereocenters. The van der Waals surface area contributed by atoms with E-state index in [0.29, 0.717) is 29.6 Å². The van der Waals surface area contributed by atoms with E-state index in [4.69, 9.17) is 24.3 Å². The van der Waals surface area contributed by atoms with Gasteiger partial charge in [0.15, 0.2) is 0 Å². The van der Waals surface area contributed by atoms with Gasteiger partial charge in [-0.2, -0.15) is 0 Å². The number of nitrogens with zero attached hydrogens (tertiary/aromatic N) is 3. The smallest absolute Gasteiger partial charge is 0.461 e. The van der Waals surface area contributed by atoms with Gasteiger partial charge in [-0.05, 0) is 95.2 Å². The summed E-state index contributed by atoms with van der Waals surface area (Å²) in [5, 5.41) is 3.74. The molecule has 5 rings (SSSR count). The number of azide groups is 1. The Kier molecular flexibility index (Phi) is 7.65. The summed E-state index contributed by atoms with van der Waals surface area (Å²) in [7, 11) is 0.890. The van der Waals surface area contributed by atoms with Crippen molar-refractivity contribution in [1.82, 2.24) is 0 Å². The van der Waals surface area contributed by atoms with Gasteiger partial charge in [-0.1, -0.05) is 31.1 Å². The lowest BCUT2D eigenvalue weighted by Crippen LogP contribution is -2.65. The number of methoxy groups -OCH3 is 1. The Labute approximate surface area is 232 Å². The molecule has 0 unspecified atom stereocenters. The highest BCUT2D eigenvalue weighted by atomic mass is 16.7. The van der Waals surface area contributed by atoms with Crippen molar-refractivity contribution in [3.05, 3.63) is 39.8 Å². The first-order valence-electron chi connectivity index (χ1n) is 13.9. The molecule has 4 aliphatic rings. The van der Waals surface area contributed by atoms with Gasteiger partial charge in [0.2, 0.25) is 0 Å². The van der Waals surface area contributed by atoms with Crippen LogP contribution in [0.1, 0.15) is 90.6 Å². The summed E-state index contributed by atoms with van der Waals surface area (Å²) in [4.78, 5) is 29.2. The van der Waals surface area contributed by atoms with Gasteiger partial charge >= 0.3 is 13.1 Å². The molecule has 4 fully saturated rings. The van der Waals surface area contributed by atoms with Crippen molar-refractivity contribution >= 4 is 18.9 Å².